The van der Waals surface area contributed by atoms with Crippen LogP contribution in [-0.2, 0) is 14.9 Å². The fourth-order valence-electron chi connectivity index (χ4n) is 4.03. The van der Waals surface area contributed by atoms with Crippen molar-refractivity contribution in [3.8, 4) is 11.5 Å². The van der Waals surface area contributed by atoms with Crippen LogP contribution in [0.25, 0.3) is 0 Å². The van der Waals surface area contributed by atoms with Crippen molar-refractivity contribution in [1.82, 2.24) is 0 Å². The van der Waals surface area contributed by atoms with Gasteiger partial charge in [0.1, 0.15) is 17.6 Å². The lowest BCUT2D eigenvalue weighted by molar-refractivity contribution is -0.385. The Morgan fingerprint density at radius 3 is 2.61 bits per heavy atom. The maximum Gasteiger partial charge on any atom is 0.324 e. The summed E-state index contributed by atoms with van der Waals surface area (Å²) in [4.78, 5) is 11.9. The number of hydrogen-bond donors (Lipinski definition) is 2. The van der Waals surface area contributed by atoms with Crippen LogP contribution in [0.1, 0.15) is 18.5 Å². The molecule has 2 aliphatic rings. The summed E-state index contributed by atoms with van der Waals surface area (Å²) in [7, 11) is -3.37. The SMILES string of the molecule is COCC1(C)Oc2ccc([N+](=O)[O-])cc2C(N2c3ccccc3OC2S(=O)(=O)O)C1O. The van der Waals surface area contributed by atoms with Gasteiger partial charge in [0, 0.05) is 24.8 Å². The molecule has 11 nitrogen and oxygen atoms in total. The smallest absolute Gasteiger partial charge is 0.324 e. The molecule has 2 aromatic carbocycles. The fourth-order valence-corrected chi connectivity index (χ4v) is 4.78. The number of nitro groups is 1. The largest absolute Gasteiger partial charge is 0.482 e. The summed E-state index contributed by atoms with van der Waals surface area (Å²) >= 11 is 0. The predicted molar refractivity (Wildman–Crippen MR) is 108 cm³/mol. The van der Waals surface area contributed by atoms with E-state index in [1.165, 1.54) is 36.3 Å². The van der Waals surface area contributed by atoms with Gasteiger partial charge in [-0.05, 0) is 25.1 Å². The van der Waals surface area contributed by atoms with Crippen LogP contribution in [0.3, 0.4) is 0 Å². The molecule has 4 unspecified atom stereocenters. The standard InChI is InChI=1S/C19H20N2O9S/c1-19(10-28-2)17(22)16(12-9-11(21(23)24)7-8-14(12)30-19)20-13-5-3-4-6-15(13)29-18(20)31(25,26)27/h3-9,16-18,22H,10H2,1-2H3,(H,25,26,27). The van der Waals surface area contributed by atoms with E-state index >= 15 is 0 Å². The Hall–Kier alpha value is -2.93. The quantitative estimate of drug-likeness (QED) is 0.391. The lowest BCUT2D eigenvalue weighted by atomic mass is 9.84. The number of benzene rings is 2. The average molecular weight is 452 g/mol. The summed E-state index contributed by atoms with van der Waals surface area (Å²) in [6.07, 6.45) is -1.42. The van der Waals surface area contributed by atoms with Gasteiger partial charge < -0.3 is 24.2 Å². The molecule has 166 valence electrons. The average Bonchev–Trinajstić information content (AvgIpc) is 3.09. The van der Waals surface area contributed by atoms with Crippen LogP contribution in [0.15, 0.2) is 42.5 Å². The van der Waals surface area contributed by atoms with E-state index in [1.807, 2.05) is 0 Å². The molecule has 4 atom stereocenters. The second-order valence-corrected chi connectivity index (χ2v) is 8.96. The van der Waals surface area contributed by atoms with Crippen LogP contribution < -0.4 is 14.4 Å². The number of hydrogen-bond acceptors (Lipinski definition) is 9. The Morgan fingerprint density at radius 2 is 1.97 bits per heavy atom. The van der Waals surface area contributed by atoms with Crippen LogP contribution in [0.5, 0.6) is 11.5 Å². The Kier molecular flexibility index (Phi) is 5.04. The van der Waals surface area contributed by atoms with Crippen molar-refractivity contribution in [3.63, 3.8) is 0 Å². The molecule has 0 radical (unpaired) electrons. The molecule has 12 heteroatoms. The molecular weight excluding hydrogens is 432 g/mol. The molecule has 0 spiro atoms. The summed E-state index contributed by atoms with van der Waals surface area (Å²) in [5.41, 5.74) is -3.02. The first-order chi connectivity index (χ1) is 14.6. The molecule has 4 rings (SSSR count). The number of nitro benzene ring substituents is 1. The van der Waals surface area contributed by atoms with E-state index in [0.717, 1.165) is 0 Å². The van der Waals surface area contributed by atoms with Gasteiger partial charge >= 0.3 is 15.7 Å². The second kappa shape index (κ2) is 7.34. The van der Waals surface area contributed by atoms with Crippen LogP contribution in [0.2, 0.25) is 0 Å². The Balaban J connectivity index is 1.96. The zero-order valence-corrected chi connectivity index (χ0v) is 17.4. The highest BCUT2D eigenvalue weighted by Gasteiger charge is 2.54. The molecule has 31 heavy (non-hydrogen) atoms. The third-order valence-electron chi connectivity index (χ3n) is 5.37. The first kappa shape index (κ1) is 21.3. The summed E-state index contributed by atoms with van der Waals surface area (Å²) in [6, 6.07) is 8.99. The molecule has 0 bridgehead atoms. The molecule has 2 aromatic rings. The highest BCUT2D eigenvalue weighted by molar-refractivity contribution is 7.86. The van der Waals surface area contributed by atoms with Gasteiger partial charge in [0.2, 0.25) is 0 Å². The summed E-state index contributed by atoms with van der Waals surface area (Å²) < 4.78 is 50.8. The zero-order valence-electron chi connectivity index (χ0n) is 16.5. The third kappa shape index (κ3) is 3.47. The highest BCUT2D eigenvalue weighted by Crippen LogP contribution is 2.51. The number of methoxy groups -OCH3 is 1. The molecule has 0 aromatic heterocycles. The van der Waals surface area contributed by atoms with E-state index < -0.39 is 38.3 Å². The van der Waals surface area contributed by atoms with E-state index in [-0.39, 0.29) is 35.0 Å². The van der Waals surface area contributed by atoms with Crippen molar-refractivity contribution in [3.05, 3.63) is 58.1 Å². The topological polar surface area (TPSA) is 149 Å². The molecule has 0 amide bonds. The van der Waals surface area contributed by atoms with E-state index in [9.17, 15) is 28.2 Å². The van der Waals surface area contributed by atoms with Gasteiger partial charge in [0.25, 0.3) is 5.69 Å². The Bertz CT molecular complexity index is 1140. The molecule has 2 heterocycles. The van der Waals surface area contributed by atoms with Crippen LogP contribution in [0.4, 0.5) is 11.4 Å². The zero-order chi connectivity index (χ0) is 22.6. The lowest BCUT2D eigenvalue weighted by Crippen LogP contribution is -2.59. The maximum atomic E-state index is 12.2. The number of anilines is 1. The monoisotopic (exact) mass is 452 g/mol. The third-order valence-corrected chi connectivity index (χ3v) is 6.21. The van der Waals surface area contributed by atoms with Crippen LogP contribution in [-0.4, -0.2) is 54.0 Å². The van der Waals surface area contributed by atoms with Crippen molar-refractivity contribution in [2.75, 3.05) is 18.6 Å². The van der Waals surface area contributed by atoms with E-state index in [1.54, 1.807) is 25.1 Å². The number of non-ortho nitro benzene ring substituents is 1. The van der Waals surface area contributed by atoms with Crippen molar-refractivity contribution < 1.29 is 37.2 Å². The normalized spacial score (nSPS) is 27.1. The summed E-state index contributed by atoms with van der Waals surface area (Å²) in [5.74, 6) is 0.378. The van der Waals surface area contributed by atoms with Gasteiger partial charge in [-0.25, -0.2) is 0 Å². The lowest BCUT2D eigenvalue weighted by Gasteiger charge is -2.47. The number of rotatable bonds is 5. The number of para-hydroxylation sites is 2. The number of ether oxygens (including phenoxy) is 3. The summed E-state index contributed by atoms with van der Waals surface area (Å²) in [6.45, 7) is 1.51. The second-order valence-electron chi connectivity index (χ2n) is 7.53. The van der Waals surface area contributed by atoms with Crippen molar-refractivity contribution in [1.29, 1.82) is 0 Å². The molecule has 0 saturated heterocycles. The van der Waals surface area contributed by atoms with Gasteiger partial charge in [-0.2, -0.15) is 8.42 Å². The Labute approximate surface area is 177 Å². The van der Waals surface area contributed by atoms with Gasteiger partial charge in [-0.15, -0.1) is 0 Å². The van der Waals surface area contributed by atoms with Gasteiger partial charge in [0.05, 0.1) is 23.3 Å². The minimum absolute atomic E-state index is 0.0615. The number of fused-ring (bicyclic) bond motifs is 2. The van der Waals surface area contributed by atoms with Crippen molar-refractivity contribution in [2.45, 2.75) is 30.2 Å². The van der Waals surface area contributed by atoms with Gasteiger partial charge in [-0.1, -0.05) is 12.1 Å². The first-order valence-electron chi connectivity index (χ1n) is 9.21. The minimum Gasteiger partial charge on any atom is -0.482 e. The van der Waals surface area contributed by atoms with Crippen molar-refractivity contribution in [2.24, 2.45) is 0 Å². The number of nitrogens with zero attached hydrogens (tertiary/aromatic N) is 2. The number of aliphatic hydroxyl groups is 1. The van der Waals surface area contributed by atoms with E-state index in [4.69, 9.17) is 14.2 Å². The maximum absolute atomic E-state index is 12.2. The molecule has 2 N–H and O–H groups in total. The van der Waals surface area contributed by atoms with Crippen LogP contribution >= 0.6 is 0 Å². The molecule has 0 fully saturated rings. The molecule has 2 aliphatic heterocycles. The Morgan fingerprint density at radius 1 is 1.26 bits per heavy atom. The predicted octanol–water partition coefficient (Wildman–Crippen LogP) is 1.86. The molecule has 0 saturated carbocycles. The minimum atomic E-state index is -4.78. The fraction of sp³-hybridized carbons (Fsp3) is 0.368. The highest BCUT2D eigenvalue weighted by atomic mass is 32.2. The number of aliphatic hydroxyl groups excluding tert-OH is 1. The molecule has 0 aliphatic carbocycles. The van der Waals surface area contributed by atoms with Crippen LogP contribution in [0, 0.1) is 10.1 Å². The summed E-state index contributed by atoms with van der Waals surface area (Å²) in [5, 5.41) is 22.7. The van der Waals surface area contributed by atoms with E-state index in [2.05, 4.69) is 0 Å². The van der Waals surface area contributed by atoms with Crippen molar-refractivity contribution >= 4 is 21.5 Å². The van der Waals surface area contributed by atoms with E-state index in [0.29, 0.717) is 0 Å². The van der Waals surface area contributed by atoms with Gasteiger partial charge in [0.15, 0.2) is 5.60 Å². The molecular formula is C19H20N2O9S. The first-order valence-corrected chi connectivity index (χ1v) is 10.7. The van der Waals surface area contributed by atoms with Gasteiger partial charge in [-0.3, -0.25) is 14.7 Å².